The maximum Gasteiger partial charge on any atom is 0.107 e. The molecule has 8 nitrogen and oxygen atoms in total. The molecule has 208 valence electrons. The van der Waals surface area contributed by atoms with Crippen LogP contribution in [0.25, 0.3) is 21.5 Å². The number of nitrogens with one attached hydrogen (secondary N) is 4. The molecule has 0 amide bonds. The smallest absolute Gasteiger partial charge is 0.107 e. The standard InChI is InChI=1S/C32H38N6O2/c1-5-31(6-2)35-19-13-9-11-17-23(19)21(37-31)15-33-27(17)25-29(39)26(30(25)40)28-18-12-10-14-20-24(18)22(16-34-28)38-32(7-3,8-4)36-20/h9-16,25-26,29-30,35-40H,5-8H2,1-4H3. The van der Waals surface area contributed by atoms with Gasteiger partial charge in [0.25, 0.3) is 0 Å². The first-order chi connectivity index (χ1) is 19.4. The van der Waals surface area contributed by atoms with E-state index in [0.717, 1.165) is 81.4 Å². The average molecular weight is 539 g/mol. The highest BCUT2D eigenvalue weighted by Crippen LogP contribution is 2.52. The zero-order valence-corrected chi connectivity index (χ0v) is 23.5. The lowest BCUT2D eigenvalue weighted by Gasteiger charge is -2.47. The molecule has 4 aromatic rings. The third kappa shape index (κ3) is 3.38. The number of aromatic nitrogens is 2. The molecule has 2 aromatic heterocycles. The minimum Gasteiger partial charge on any atom is -0.392 e. The SMILES string of the molecule is CCC1(CC)Nc2cccc3c(C4C(O)C(c5ncc6c7c(cccc57)NC(CC)(CC)N6)C4O)ncc(c23)N1. The van der Waals surface area contributed by atoms with Crippen molar-refractivity contribution >= 4 is 44.3 Å². The number of aliphatic hydroxyl groups excluding tert-OH is 2. The van der Waals surface area contributed by atoms with Gasteiger partial charge in [0.1, 0.15) is 11.3 Å². The first-order valence-corrected chi connectivity index (χ1v) is 14.7. The van der Waals surface area contributed by atoms with Gasteiger partial charge in [-0.2, -0.15) is 0 Å². The minimum atomic E-state index is -0.811. The fourth-order valence-electron chi connectivity index (χ4n) is 7.23. The first kappa shape index (κ1) is 25.4. The highest BCUT2D eigenvalue weighted by Gasteiger charge is 2.53. The molecule has 8 heteroatoms. The second-order valence-electron chi connectivity index (χ2n) is 11.7. The molecule has 1 saturated carbocycles. The van der Waals surface area contributed by atoms with Crippen molar-refractivity contribution in [2.24, 2.45) is 0 Å². The highest BCUT2D eigenvalue weighted by atomic mass is 16.3. The number of rotatable bonds is 6. The van der Waals surface area contributed by atoms with E-state index in [1.807, 2.05) is 36.7 Å². The summed E-state index contributed by atoms with van der Waals surface area (Å²) in [5.74, 6) is -1.01. The molecule has 2 aromatic carbocycles. The Morgan fingerprint density at radius 2 is 0.975 bits per heavy atom. The fourth-order valence-corrected chi connectivity index (χ4v) is 7.23. The number of hydrogen-bond acceptors (Lipinski definition) is 8. The van der Waals surface area contributed by atoms with Gasteiger partial charge in [-0.1, -0.05) is 52.0 Å². The second-order valence-corrected chi connectivity index (χ2v) is 11.7. The van der Waals surface area contributed by atoms with Crippen LogP contribution in [0, 0.1) is 0 Å². The van der Waals surface area contributed by atoms with Gasteiger partial charge in [0.2, 0.25) is 0 Å². The molecule has 0 spiro atoms. The summed E-state index contributed by atoms with van der Waals surface area (Å²) in [5.41, 5.74) is 5.09. The van der Waals surface area contributed by atoms with E-state index >= 15 is 0 Å². The van der Waals surface area contributed by atoms with Gasteiger partial charge in [-0.3, -0.25) is 9.97 Å². The Bertz CT molecular complexity index is 1470. The van der Waals surface area contributed by atoms with Crippen molar-refractivity contribution in [1.29, 1.82) is 0 Å². The van der Waals surface area contributed by atoms with Crippen molar-refractivity contribution in [3.05, 3.63) is 60.2 Å². The number of pyridine rings is 2. The van der Waals surface area contributed by atoms with Gasteiger partial charge < -0.3 is 31.5 Å². The lowest BCUT2D eigenvalue weighted by atomic mass is 9.64. The monoisotopic (exact) mass is 538 g/mol. The fraction of sp³-hybridized carbons (Fsp3) is 0.438. The number of nitrogens with zero attached hydrogens (tertiary/aromatic N) is 2. The molecule has 3 aliphatic rings. The molecule has 0 saturated heterocycles. The molecule has 2 aliphatic heterocycles. The van der Waals surface area contributed by atoms with Crippen molar-refractivity contribution in [2.75, 3.05) is 21.3 Å². The second kappa shape index (κ2) is 8.94. The van der Waals surface area contributed by atoms with E-state index in [1.54, 1.807) is 0 Å². The molecule has 6 N–H and O–H groups in total. The predicted octanol–water partition coefficient (Wildman–Crippen LogP) is 6.09. The van der Waals surface area contributed by atoms with Gasteiger partial charge in [0.05, 0.1) is 59.2 Å². The van der Waals surface area contributed by atoms with Crippen LogP contribution >= 0.6 is 0 Å². The minimum absolute atomic E-state index is 0.219. The molecule has 4 heterocycles. The molecule has 40 heavy (non-hydrogen) atoms. The van der Waals surface area contributed by atoms with Crippen molar-refractivity contribution in [3.63, 3.8) is 0 Å². The van der Waals surface area contributed by atoms with Crippen LogP contribution in [-0.4, -0.2) is 43.7 Å². The Morgan fingerprint density at radius 3 is 1.35 bits per heavy atom. The van der Waals surface area contributed by atoms with Gasteiger partial charge in [-0.25, -0.2) is 0 Å². The zero-order valence-electron chi connectivity index (χ0n) is 23.5. The molecular formula is C32H38N6O2. The van der Waals surface area contributed by atoms with Crippen LogP contribution in [0.15, 0.2) is 48.8 Å². The van der Waals surface area contributed by atoms with E-state index in [-0.39, 0.29) is 11.3 Å². The highest BCUT2D eigenvalue weighted by molar-refractivity contribution is 6.07. The molecule has 7 rings (SSSR count). The van der Waals surface area contributed by atoms with Gasteiger partial charge in [0, 0.05) is 32.9 Å². The normalized spacial score (nSPS) is 25.4. The van der Waals surface area contributed by atoms with E-state index in [0.29, 0.717) is 0 Å². The van der Waals surface area contributed by atoms with Crippen LogP contribution in [0.4, 0.5) is 22.7 Å². The molecule has 1 aliphatic carbocycles. The van der Waals surface area contributed by atoms with Crippen LogP contribution < -0.4 is 21.3 Å². The molecule has 0 unspecified atom stereocenters. The van der Waals surface area contributed by atoms with Gasteiger partial charge in [-0.15, -0.1) is 0 Å². The van der Waals surface area contributed by atoms with Crippen molar-refractivity contribution in [3.8, 4) is 0 Å². The molecule has 1 fully saturated rings. The zero-order chi connectivity index (χ0) is 27.8. The Morgan fingerprint density at radius 1 is 0.600 bits per heavy atom. The topological polar surface area (TPSA) is 114 Å². The Kier molecular flexibility index (Phi) is 5.67. The van der Waals surface area contributed by atoms with Crippen molar-refractivity contribution in [1.82, 2.24) is 9.97 Å². The Hall–Kier alpha value is -3.62. The number of anilines is 4. The summed E-state index contributed by atoms with van der Waals surface area (Å²) in [7, 11) is 0. The summed E-state index contributed by atoms with van der Waals surface area (Å²) >= 11 is 0. The van der Waals surface area contributed by atoms with Crippen LogP contribution in [0.2, 0.25) is 0 Å². The third-order valence-corrected chi connectivity index (χ3v) is 9.90. The predicted molar refractivity (Wildman–Crippen MR) is 162 cm³/mol. The first-order valence-electron chi connectivity index (χ1n) is 14.7. The maximum absolute atomic E-state index is 11.6. The summed E-state index contributed by atoms with van der Waals surface area (Å²) in [6, 6.07) is 12.3. The summed E-state index contributed by atoms with van der Waals surface area (Å²) in [6.07, 6.45) is 5.80. The van der Waals surface area contributed by atoms with Crippen LogP contribution in [0.1, 0.15) is 76.6 Å². The van der Waals surface area contributed by atoms with Gasteiger partial charge in [-0.05, 0) is 37.8 Å². The summed E-state index contributed by atoms with van der Waals surface area (Å²) in [5, 5.41) is 42.0. The number of hydrogen-bond donors (Lipinski definition) is 6. The number of benzene rings is 2. The largest absolute Gasteiger partial charge is 0.392 e. The third-order valence-electron chi connectivity index (χ3n) is 9.90. The van der Waals surface area contributed by atoms with Crippen molar-refractivity contribution < 1.29 is 10.2 Å². The Balaban J connectivity index is 1.26. The lowest BCUT2D eigenvalue weighted by molar-refractivity contribution is -0.0802. The molecule has 0 bridgehead atoms. The van der Waals surface area contributed by atoms with Gasteiger partial charge in [0.15, 0.2) is 0 Å². The van der Waals surface area contributed by atoms with Crippen molar-refractivity contribution in [2.45, 2.75) is 88.7 Å². The quantitative estimate of drug-likeness (QED) is 0.175. The van der Waals surface area contributed by atoms with Crippen LogP contribution in [0.3, 0.4) is 0 Å². The van der Waals surface area contributed by atoms with E-state index in [4.69, 9.17) is 9.97 Å². The average Bonchev–Trinajstić information content (AvgIpc) is 2.99. The van der Waals surface area contributed by atoms with Crippen LogP contribution in [0.5, 0.6) is 0 Å². The summed E-state index contributed by atoms with van der Waals surface area (Å²) in [4.78, 5) is 9.67. The van der Waals surface area contributed by atoms with E-state index in [9.17, 15) is 10.2 Å². The van der Waals surface area contributed by atoms with Crippen LogP contribution in [-0.2, 0) is 0 Å². The molecule has 0 radical (unpaired) electrons. The summed E-state index contributed by atoms with van der Waals surface area (Å²) < 4.78 is 0. The summed E-state index contributed by atoms with van der Waals surface area (Å²) in [6.45, 7) is 8.68. The number of aliphatic hydroxyl groups is 2. The van der Waals surface area contributed by atoms with E-state index in [2.05, 4.69) is 61.1 Å². The van der Waals surface area contributed by atoms with Gasteiger partial charge >= 0.3 is 0 Å². The van der Waals surface area contributed by atoms with E-state index < -0.39 is 24.0 Å². The molecular weight excluding hydrogens is 500 g/mol. The Labute approximate surface area is 234 Å². The maximum atomic E-state index is 11.6. The lowest BCUT2D eigenvalue weighted by Crippen LogP contribution is -2.52. The molecule has 0 atom stereocenters. The van der Waals surface area contributed by atoms with E-state index in [1.165, 1.54) is 0 Å².